The van der Waals surface area contributed by atoms with Gasteiger partial charge in [-0.3, -0.25) is 9.88 Å². The summed E-state index contributed by atoms with van der Waals surface area (Å²) in [6.07, 6.45) is 9.17. The fourth-order valence-electron chi connectivity index (χ4n) is 4.48. The number of hydrogen-bond acceptors (Lipinski definition) is 2. The summed E-state index contributed by atoms with van der Waals surface area (Å²) in [6, 6.07) is 11.6. The number of aromatic nitrogens is 1. The molecule has 2 heterocycles. The second-order valence-electron chi connectivity index (χ2n) is 7.56. The van der Waals surface area contributed by atoms with Gasteiger partial charge in [-0.05, 0) is 73.4 Å². The van der Waals surface area contributed by atoms with Crippen LogP contribution in [0.3, 0.4) is 0 Å². The number of hydrogen-bond donors (Lipinski definition) is 0. The molecule has 0 spiro atoms. The average Bonchev–Trinajstić information content (AvgIpc) is 3.48. The van der Waals surface area contributed by atoms with Crippen molar-refractivity contribution in [3.63, 3.8) is 0 Å². The first-order valence-electron chi connectivity index (χ1n) is 9.49. The zero-order chi connectivity index (χ0) is 16.8. The van der Waals surface area contributed by atoms with E-state index in [0.29, 0.717) is 0 Å². The molecule has 1 aliphatic heterocycles. The Morgan fingerprint density at radius 1 is 0.960 bits per heavy atom. The summed E-state index contributed by atoms with van der Waals surface area (Å²) in [6.45, 7) is 2.41. The minimum absolute atomic E-state index is 0.838. The lowest BCUT2D eigenvalue weighted by molar-refractivity contribution is 0.247. The Hall–Kier alpha value is -1.64. The van der Waals surface area contributed by atoms with Gasteiger partial charge >= 0.3 is 0 Å². The summed E-state index contributed by atoms with van der Waals surface area (Å²) in [4.78, 5) is 7.50. The van der Waals surface area contributed by atoms with Crippen LogP contribution >= 0.6 is 11.6 Å². The minimum Gasteiger partial charge on any atom is -0.300 e. The van der Waals surface area contributed by atoms with Gasteiger partial charge in [-0.15, -0.1) is 0 Å². The van der Waals surface area contributed by atoms with E-state index in [2.05, 4.69) is 29.2 Å². The van der Waals surface area contributed by atoms with E-state index < -0.39 is 0 Å². The summed E-state index contributed by atoms with van der Waals surface area (Å²) < 4.78 is 0. The van der Waals surface area contributed by atoms with Crippen LogP contribution < -0.4 is 0 Å². The first kappa shape index (κ1) is 15.6. The molecule has 0 unspecified atom stereocenters. The van der Waals surface area contributed by atoms with Crippen molar-refractivity contribution in [2.24, 2.45) is 0 Å². The van der Waals surface area contributed by atoms with Crippen molar-refractivity contribution in [2.75, 3.05) is 13.1 Å². The largest absolute Gasteiger partial charge is 0.300 e. The SMILES string of the molecule is Clc1ccc2c(c1)CCc1cccnc1C2=C1CCN(C2CC2)CC1. The minimum atomic E-state index is 0.838. The highest BCUT2D eigenvalue weighted by Crippen LogP contribution is 2.39. The van der Waals surface area contributed by atoms with E-state index in [-0.39, 0.29) is 0 Å². The van der Waals surface area contributed by atoms with E-state index >= 15 is 0 Å². The molecule has 128 valence electrons. The van der Waals surface area contributed by atoms with E-state index in [1.165, 1.54) is 66.7 Å². The van der Waals surface area contributed by atoms with Crippen molar-refractivity contribution < 1.29 is 0 Å². The number of rotatable bonds is 1. The molecular formula is C22H23ClN2. The van der Waals surface area contributed by atoms with Gasteiger partial charge in [0.2, 0.25) is 0 Å². The number of nitrogens with zero attached hydrogens (tertiary/aromatic N) is 2. The molecule has 1 saturated heterocycles. The van der Waals surface area contributed by atoms with Gasteiger partial charge in [-0.2, -0.15) is 0 Å². The molecular weight excluding hydrogens is 328 g/mol. The molecule has 25 heavy (non-hydrogen) atoms. The molecule has 0 bridgehead atoms. The smallest absolute Gasteiger partial charge is 0.0739 e. The molecule has 2 nitrogen and oxygen atoms in total. The monoisotopic (exact) mass is 350 g/mol. The fourth-order valence-corrected chi connectivity index (χ4v) is 4.68. The maximum Gasteiger partial charge on any atom is 0.0739 e. The summed E-state index contributed by atoms with van der Waals surface area (Å²) in [5, 5.41) is 0.838. The Bertz CT molecular complexity index is 841. The Labute approximate surface area is 154 Å². The zero-order valence-corrected chi connectivity index (χ0v) is 15.2. The fraction of sp³-hybridized carbons (Fsp3) is 0.409. The van der Waals surface area contributed by atoms with Crippen molar-refractivity contribution in [1.82, 2.24) is 9.88 Å². The third-order valence-corrected chi connectivity index (χ3v) is 6.18. The van der Waals surface area contributed by atoms with Crippen molar-refractivity contribution in [3.05, 3.63) is 69.5 Å². The first-order valence-corrected chi connectivity index (χ1v) is 9.86. The lowest BCUT2D eigenvalue weighted by Crippen LogP contribution is -2.33. The summed E-state index contributed by atoms with van der Waals surface area (Å²) in [5.41, 5.74) is 8.30. The Kier molecular flexibility index (Phi) is 3.91. The molecule has 1 aromatic heterocycles. The number of pyridine rings is 1. The van der Waals surface area contributed by atoms with Crippen LogP contribution in [0.25, 0.3) is 5.57 Å². The standard InChI is InChI=1S/C22H23ClN2/c23-18-5-8-20-17(14-18)4-3-16-2-1-11-24-22(16)21(20)15-9-12-25(13-10-15)19-6-7-19/h1-2,5,8,11,14,19H,3-4,6-7,9-10,12-13H2. The van der Waals surface area contributed by atoms with Crippen molar-refractivity contribution >= 4 is 17.2 Å². The molecule has 3 aliphatic rings. The molecule has 0 amide bonds. The number of halogens is 1. The molecule has 3 heteroatoms. The van der Waals surface area contributed by atoms with Gasteiger partial charge in [0.05, 0.1) is 5.69 Å². The Balaban J connectivity index is 1.63. The van der Waals surface area contributed by atoms with E-state index in [9.17, 15) is 0 Å². The van der Waals surface area contributed by atoms with Gasteiger partial charge in [-0.1, -0.05) is 29.3 Å². The lowest BCUT2D eigenvalue weighted by atomic mass is 9.88. The quantitative estimate of drug-likeness (QED) is 0.727. The van der Waals surface area contributed by atoms with Crippen molar-refractivity contribution in [1.29, 1.82) is 0 Å². The average molecular weight is 351 g/mol. The molecule has 2 aromatic rings. The lowest BCUT2D eigenvalue weighted by Gasteiger charge is -2.30. The molecule has 1 saturated carbocycles. The molecule has 2 fully saturated rings. The van der Waals surface area contributed by atoms with E-state index in [4.69, 9.17) is 16.6 Å². The number of piperidine rings is 1. The van der Waals surface area contributed by atoms with Crippen LogP contribution in [-0.2, 0) is 12.8 Å². The van der Waals surface area contributed by atoms with Gasteiger partial charge in [0.25, 0.3) is 0 Å². The molecule has 5 rings (SSSR count). The van der Waals surface area contributed by atoms with Crippen LogP contribution in [0.4, 0.5) is 0 Å². The van der Waals surface area contributed by atoms with Gasteiger partial charge in [0.1, 0.15) is 0 Å². The maximum atomic E-state index is 6.30. The van der Waals surface area contributed by atoms with Gasteiger partial charge in [0.15, 0.2) is 0 Å². The zero-order valence-electron chi connectivity index (χ0n) is 14.5. The molecule has 1 aromatic carbocycles. The number of likely N-dealkylation sites (tertiary alicyclic amines) is 1. The van der Waals surface area contributed by atoms with E-state index in [0.717, 1.165) is 23.9 Å². The molecule has 0 N–H and O–H groups in total. The van der Waals surface area contributed by atoms with E-state index in [1.807, 2.05) is 12.3 Å². The maximum absolute atomic E-state index is 6.30. The second kappa shape index (κ2) is 6.26. The Morgan fingerprint density at radius 3 is 2.56 bits per heavy atom. The normalized spacial score (nSPS) is 20.8. The Morgan fingerprint density at radius 2 is 1.76 bits per heavy atom. The number of fused-ring (bicyclic) bond motifs is 2. The summed E-state index contributed by atoms with van der Waals surface area (Å²) in [7, 11) is 0. The summed E-state index contributed by atoms with van der Waals surface area (Å²) in [5.74, 6) is 0. The third kappa shape index (κ3) is 2.92. The third-order valence-electron chi connectivity index (χ3n) is 5.95. The van der Waals surface area contributed by atoms with Crippen LogP contribution in [0.5, 0.6) is 0 Å². The van der Waals surface area contributed by atoms with Crippen LogP contribution in [0.15, 0.2) is 42.1 Å². The van der Waals surface area contributed by atoms with Crippen molar-refractivity contribution in [3.8, 4) is 0 Å². The van der Waals surface area contributed by atoms with Crippen LogP contribution in [0.2, 0.25) is 5.02 Å². The topological polar surface area (TPSA) is 16.1 Å². The van der Waals surface area contributed by atoms with Gasteiger partial charge < -0.3 is 0 Å². The number of aryl methyl sites for hydroxylation is 2. The molecule has 2 aliphatic carbocycles. The predicted octanol–water partition coefficient (Wildman–Crippen LogP) is 4.89. The number of benzene rings is 1. The molecule has 0 radical (unpaired) electrons. The highest BCUT2D eigenvalue weighted by molar-refractivity contribution is 6.30. The summed E-state index contributed by atoms with van der Waals surface area (Å²) >= 11 is 6.30. The van der Waals surface area contributed by atoms with E-state index in [1.54, 1.807) is 5.57 Å². The second-order valence-corrected chi connectivity index (χ2v) is 7.99. The van der Waals surface area contributed by atoms with Gasteiger partial charge in [0, 0.05) is 35.9 Å². The van der Waals surface area contributed by atoms with Gasteiger partial charge in [-0.25, -0.2) is 0 Å². The van der Waals surface area contributed by atoms with Crippen LogP contribution in [0, 0.1) is 0 Å². The van der Waals surface area contributed by atoms with Crippen LogP contribution in [-0.4, -0.2) is 29.0 Å². The van der Waals surface area contributed by atoms with Crippen LogP contribution in [0.1, 0.15) is 48.1 Å². The molecule has 0 atom stereocenters. The highest BCUT2D eigenvalue weighted by Gasteiger charge is 2.32. The van der Waals surface area contributed by atoms with Crippen molar-refractivity contribution in [2.45, 2.75) is 44.6 Å². The highest BCUT2D eigenvalue weighted by atomic mass is 35.5. The predicted molar refractivity (Wildman–Crippen MR) is 103 cm³/mol. The first-order chi connectivity index (χ1) is 12.3.